The van der Waals surface area contributed by atoms with E-state index in [4.69, 9.17) is 21.7 Å². The van der Waals surface area contributed by atoms with E-state index in [0.717, 1.165) is 0 Å². The van der Waals surface area contributed by atoms with Crippen LogP contribution in [0.3, 0.4) is 0 Å². The molecule has 0 saturated carbocycles. The maximum absolute atomic E-state index is 12.7. The fraction of sp³-hybridized carbons (Fsp3) is 0.130. The van der Waals surface area contributed by atoms with Crippen LogP contribution < -0.4 is 24.8 Å². The molecule has 34 heavy (non-hydrogen) atoms. The van der Waals surface area contributed by atoms with Crippen LogP contribution in [0.15, 0.2) is 76.1 Å². The first-order valence-corrected chi connectivity index (χ1v) is 12.7. The molecule has 11 heteroatoms. The number of sulfonamides is 1. The number of benzene rings is 3. The Balaban J connectivity index is 1.63. The van der Waals surface area contributed by atoms with Gasteiger partial charge in [0.2, 0.25) is 0 Å². The highest BCUT2D eigenvalue weighted by atomic mass is 79.9. The Kier molecular flexibility index (Phi) is 8.48. The van der Waals surface area contributed by atoms with E-state index < -0.39 is 15.9 Å². The number of hydrogen-bond acceptors (Lipinski definition) is 6. The van der Waals surface area contributed by atoms with Gasteiger partial charge in [0.15, 0.2) is 5.11 Å². The number of ether oxygens (including phenoxy) is 2. The van der Waals surface area contributed by atoms with E-state index in [1.807, 2.05) is 6.92 Å². The number of amides is 1. The Labute approximate surface area is 211 Å². The van der Waals surface area contributed by atoms with Gasteiger partial charge < -0.3 is 14.8 Å². The molecule has 0 bridgehead atoms. The summed E-state index contributed by atoms with van der Waals surface area (Å²) < 4.78 is 39.2. The summed E-state index contributed by atoms with van der Waals surface area (Å²) in [6.07, 6.45) is 0. The molecule has 0 atom stereocenters. The molecule has 0 heterocycles. The predicted octanol–water partition coefficient (Wildman–Crippen LogP) is 4.78. The van der Waals surface area contributed by atoms with E-state index in [2.05, 4.69) is 31.3 Å². The maximum atomic E-state index is 12.7. The van der Waals surface area contributed by atoms with Crippen LogP contribution in [0.4, 0.5) is 11.4 Å². The van der Waals surface area contributed by atoms with Crippen molar-refractivity contribution in [3.05, 3.63) is 76.8 Å². The second kappa shape index (κ2) is 11.3. The zero-order chi connectivity index (χ0) is 24.7. The van der Waals surface area contributed by atoms with E-state index in [1.165, 1.54) is 19.2 Å². The number of hydrogen-bond donors (Lipinski definition) is 3. The molecule has 0 aliphatic rings. The molecule has 0 radical (unpaired) electrons. The molecule has 0 aromatic heterocycles. The van der Waals surface area contributed by atoms with E-state index in [1.54, 1.807) is 54.6 Å². The number of anilines is 2. The molecule has 0 fully saturated rings. The van der Waals surface area contributed by atoms with Gasteiger partial charge in [-0.25, -0.2) is 8.42 Å². The van der Waals surface area contributed by atoms with Crippen LogP contribution in [0.5, 0.6) is 11.5 Å². The number of carbonyl (C=O) groups excluding carboxylic acids is 1. The molecule has 0 saturated heterocycles. The Morgan fingerprint density at radius 3 is 2.26 bits per heavy atom. The van der Waals surface area contributed by atoms with Gasteiger partial charge in [-0.05, 0) is 85.9 Å². The molecular formula is C23H22BrN3O5S2. The van der Waals surface area contributed by atoms with Gasteiger partial charge in [-0.3, -0.25) is 14.8 Å². The SMILES string of the molecule is CCOc1ccc(NS(=O)(=O)c2ccc(NC(=S)NC(=O)c3cc(Br)ccc3OC)cc2)cc1. The summed E-state index contributed by atoms with van der Waals surface area (Å²) in [5.41, 5.74) is 1.23. The van der Waals surface area contributed by atoms with Crippen molar-refractivity contribution in [1.29, 1.82) is 0 Å². The number of thiocarbonyl (C=S) groups is 1. The predicted molar refractivity (Wildman–Crippen MR) is 139 cm³/mol. The highest BCUT2D eigenvalue weighted by molar-refractivity contribution is 9.10. The molecule has 3 rings (SSSR count). The van der Waals surface area contributed by atoms with Gasteiger partial charge >= 0.3 is 0 Å². The Morgan fingerprint density at radius 1 is 1.00 bits per heavy atom. The van der Waals surface area contributed by atoms with Crippen molar-refractivity contribution in [3.8, 4) is 11.5 Å². The third kappa shape index (κ3) is 6.69. The number of halogens is 1. The lowest BCUT2D eigenvalue weighted by Gasteiger charge is -2.13. The monoisotopic (exact) mass is 563 g/mol. The summed E-state index contributed by atoms with van der Waals surface area (Å²) in [6.45, 7) is 2.39. The van der Waals surface area contributed by atoms with Gasteiger partial charge in [-0.2, -0.15) is 0 Å². The van der Waals surface area contributed by atoms with E-state index in [-0.39, 0.29) is 10.0 Å². The third-order valence-corrected chi connectivity index (χ3v) is 6.57. The minimum Gasteiger partial charge on any atom is -0.496 e. The first-order valence-electron chi connectivity index (χ1n) is 10.0. The Morgan fingerprint density at radius 2 is 1.65 bits per heavy atom. The summed E-state index contributed by atoms with van der Waals surface area (Å²) in [5, 5.41) is 5.49. The molecule has 178 valence electrons. The maximum Gasteiger partial charge on any atom is 0.261 e. The molecule has 0 aliphatic carbocycles. The number of carbonyl (C=O) groups is 1. The Bertz CT molecular complexity index is 1280. The van der Waals surface area contributed by atoms with Gasteiger partial charge in [0.25, 0.3) is 15.9 Å². The smallest absolute Gasteiger partial charge is 0.261 e. The molecular weight excluding hydrogens is 542 g/mol. The number of rotatable bonds is 8. The lowest BCUT2D eigenvalue weighted by molar-refractivity contribution is 0.0974. The van der Waals surface area contributed by atoms with Gasteiger partial charge in [-0.15, -0.1) is 0 Å². The molecule has 3 aromatic rings. The average Bonchev–Trinajstić information content (AvgIpc) is 2.80. The van der Waals surface area contributed by atoms with Crippen LogP contribution in [0.25, 0.3) is 0 Å². The largest absolute Gasteiger partial charge is 0.496 e. The zero-order valence-electron chi connectivity index (χ0n) is 18.3. The van der Waals surface area contributed by atoms with Crippen LogP contribution in [-0.2, 0) is 10.0 Å². The standard InChI is InChI=1S/C23H22BrN3O5S2/c1-3-32-18-9-5-17(6-10-18)27-34(29,30)19-11-7-16(8-12-19)25-23(33)26-22(28)20-14-15(24)4-13-21(20)31-2/h4-14,27H,3H2,1-2H3,(H2,25,26,28,33). The van der Waals surface area contributed by atoms with Gasteiger partial charge in [-0.1, -0.05) is 15.9 Å². The van der Waals surface area contributed by atoms with Crippen molar-refractivity contribution >= 4 is 60.6 Å². The van der Waals surface area contributed by atoms with Crippen molar-refractivity contribution in [2.75, 3.05) is 23.8 Å². The Hall–Kier alpha value is -3.15. The second-order valence-electron chi connectivity index (χ2n) is 6.84. The van der Waals surface area contributed by atoms with Crippen molar-refractivity contribution < 1.29 is 22.7 Å². The van der Waals surface area contributed by atoms with E-state index >= 15 is 0 Å². The highest BCUT2D eigenvalue weighted by Crippen LogP contribution is 2.23. The first-order chi connectivity index (χ1) is 16.2. The van der Waals surface area contributed by atoms with Crippen molar-refractivity contribution in [3.63, 3.8) is 0 Å². The fourth-order valence-corrected chi connectivity index (χ4v) is 4.54. The van der Waals surface area contributed by atoms with Crippen molar-refractivity contribution in [2.45, 2.75) is 11.8 Å². The molecule has 0 spiro atoms. The van der Waals surface area contributed by atoms with Crippen LogP contribution in [0, 0.1) is 0 Å². The molecule has 0 unspecified atom stereocenters. The number of nitrogens with one attached hydrogen (secondary N) is 3. The molecule has 3 N–H and O–H groups in total. The summed E-state index contributed by atoms with van der Waals surface area (Å²) >= 11 is 8.53. The van der Waals surface area contributed by atoms with Crippen LogP contribution in [0.2, 0.25) is 0 Å². The van der Waals surface area contributed by atoms with E-state index in [0.29, 0.717) is 39.5 Å². The van der Waals surface area contributed by atoms with E-state index in [9.17, 15) is 13.2 Å². The zero-order valence-corrected chi connectivity index (χ0v) is 21.5. The fourth-order valence-electron chi connectivity index (χ4n) is 2.91. The van der Waals surface area contributed by atoms with Crippen LogP contribution in [-0.4, -0.2) is 33.2 Å². The summed E-state index contributed by atoms with van der Waals surface area (Å²) in [4.78, 5) is 12.6. The molecule has 1 amide bonds. The quantitative estimate of drug-likeness (QED) is 0.338. The van der Waals surface area contributed by atoms with Gasteiger partial charge in [0.1, 0.15) is 11.5 Å². The van der Waals surface area contributed by atoms with Crippen LogP contribution in [0.1, 0.15) is 17.3 Å². The topological polar surface area (TPSA) is 106 Å². The number of methoxy groups -OCH3 is 1. The summed E-state index contributed by atoms with van der Waals surface area (Å²) in [7, 11) is -2.32. The molecule has 0 aliphatic heterocycles. The minimum atomic E-state index is -3.79. The second-order valence-corrected chi connectivity index (χ2v) is 9.85. The summed E-state index contributed by atoms with van der Waals surface area (Å²) in [6, 6.07) is 17.6. The third-order valence-electron chi connectivity index (χ3n) is 4.47. The van der Waals surface area contributed by atoms with Gasteiger partial charge in [0, 0.05) is 15.8 Å². The lowest BCUT2D eigenvalue weighted by atomic mass is 10.2. The molecule has 3 aromatic carbocycles. The average molecular weight is 564 g/mol. The van der Waals surface area contributed by atoms with Gasteiger partial charge in [0.05, 0.1) is 24.2 Å². The lowest BCUT2D eigenvalue weighted by Crippen LogP contribution is -2.34. The highest BCUT2D eigenvalue weighted by Gasteiger charge is 2.16. The summed E-state index contributed by atoms with van der Waals surface area (Å²) in [5.74, 6) is 0.606. The molecule has 8 nitrogen and oxygen atoms in total. The normalized spacial score (nSPS) is 10.8. The minimum absolute atomic E-state index is 0.0511. The first kappa shape index (κ1) is 25.5. The van der Waals surface area contributed by atoms with Crippen molar-refractivity contribution in [1.82, 2.24) is 5.32 Å². The van der Waals surface area contributed by atoms with Crippen molar-refractivity contribution in [2.24, 2.45) is 0 Å². The van der Waals surface area contributed by atoms with Crippen LogP contribution >= 0.6 is 28.1 Å².